The van der Waals surface area contributed by atoms with Crippen LogP contribution in [0.4, 0.5) is 0 Å². The molecule has 4 rings (SSSR count). The van der Waals surface area contributed by atoms with E-state index >= 15 is 0 Å². The highest BCUT2D eigenvalue weighted by molar-refractivity contribution is 5.39. The first-order valence-electron chi connectivity index (χ1n) is 9.00. The third-order valence-corrected chi connectivity index (χ3v) is 5.04. The molecular formula is C20H23N3O2. The van der Waals surface area contributed by atoms with Crippen LogP contribution in [0.3, 0.4) is 0 Å². The van der Waals surface area contributed by atoms with E-state index in [1.807, 2.05) is 35.7 Å². The molecule has 0 N–H and O–H groups in total. The van der Waals surface area contributed by atoms with Gasteiger partial charge in [0.2, 0.25) is 0 Å². The Morgan fingerprint density at radius 1 is 1.20 bits per heavy atom. The SMILES string of the molecule is Cc1cc(C2CCCCC2)n(OCc2cccc3nccn23)c(=O)c1. The minimum Gasteiger partial charge on any atom is -0.404 e. The fourth-order valence-corrected chi connectivity index (χ4v) is 3.79. The molecule has 0 spiro atoms. The molecule has 0 amide bonds. The molecule has 0 bridgehead atoms. The lowest BCUT2D eigenvalue weighted by molar-refractivity contribution is 0.0755. The fourth-order valence-electron chi connectivity index (χ4n) is 3.79. The third kappa shape index (κ3) is 3.18. The third-order valence-electron chi connectivity index (χ3n) is 5.04. The molecule has 1 saturated carbocycles. The molecule has 1 fully saturated rings. The maximum atomic E-state index is 12.6. The standard InChI is InChI=1S/C20H23N3O2/c1-15-12-18(16-6-3-2-4-7-16)23(20(24)13-15)25-14-17-8-5-9-19-21-10-11-22(17)19/h5,8-13,16H,2-4,6-7,14H2,1H3. The van der Waals surface area contributed by atoms with Crippen molar-refractivity contribution in [3.8, 4) is 0 Å². The number of hydrogen-bond acceptors (Lipinski definition) is 3. The summed E-state index contributed by atoms with van der Waals surface area (Å²) < 4.78 is 3.50. The summed E-state index contributed by atoms with van der Waals surface area (Å²) >= 11 is 0. The second-order valence-corrected chi connectivity index (χ2v) is 6.87. The number of aromatic nitrogens is 3. The normalized spacial score (nSPS) is 15.6. The van der Waals surface area contributed by atoms with E-state index in [2.05, 4.69) is 11.1 Å². The van der Waals surface area contributed by atoms with Crippen LogP contribution in [0.25, 0.3) is 5.65 Å². The summed E-state index contributed by atoms with van der Waals surface area (Å²) in [5, 5.41) is 0. The van der Waals surface area contributed by atoms with Crippen molar-refractivity contribution in [2.45, 2.75) is 51.6 Å². The van der Waals surface area contributed by atoms with Crippen LogP contribution in [0.2, 0.25) is 0 Å². The summed E-state index contributed by atoms with van der Waals surface area (Å²) in [4.78, 5) is 22.8. The van der Waals surface area contributed by atoms with E-state index in [-0.39, 0.29) is 5.56 Å². The van der Waals surface area contributed by atoms with Gasteiger partial charge in [0.1, 0.15) is 5.65 Å². The van der Waals surface area contributed by atoms with Gasteiger partial charge in [-0.3, -0.25) is 4.79 Å². The minimum atomic E-state index is -0.0848. The van der Waals surface area contributed by atoms with Gasteiger partial charge in [0.25, 0.3) is 5.56 Å². The molecule has 3 aromatic heterocycles. The average Bonchev–Trinajstić information content (AvgIpc) is 3.10. The van der Waals surface area contributed by atoms with Gasteiger partial charge in [0, 0.05) is 24.4 Å². The average molecular weight is 337 g/mol. The summed E-state index contributed by atoms with van der Waals surface area (Å²) in [6.07, 6.45) is 9.67. The van der Waals surface area contributed by atoms with Gasteiger partial charge in [-0.2, -0.15) is 0 Å². The molecule has 0 atom stereocenters. The van der Waals surface area contributed by atoms with Crippen LogP contribution >= 0.6 is 0 Å². The lowest BCUT2D eigenvalue weighted by Gasteiger charge is -2.25. The minimum absolute atomic E-state index is 0.0848. The van der Waals surface area contributed by atoms with Crippen LogP contribution in [0.15, 0.2) is 47.5 Å². The van der Waals surface area contributed by atoms with Crippen molar-refractivity contribution in [2.24, 2.45) is 0 Å². The summed E-state index contributed by atoms with van der Waals surface area (Å²) in [7, 11) is 0. The Morgan fingerprint density at radius 3 is 2.88 bits per heavy atom. The molecule has 130 valence electrons. The van der Waals surface area contributed by atoms with E-state index < -0.39 is 0 Å². The molecule has 1 aliphatic carbocycles. The number of nitrogens with zero attached hydrogens (tertiary/aromatic N) is 3. The molecule has 5 nitrogen and oxygen atoms in total. The number of fused-ring (bicyclic) bond motifs is 1. The molecule has 0 radical (unpaired) electrons. The number of rotatable bonds is 4. The zero-order valence-corrected chi connectivity index (χ0v) is 14.5. The Labute approximate surface area is 146 Å². The zero-order chi connectivity index (χ0) is 17.2. The first-order chi connectivity index (χ1) is 12.2. The largest absolute Gasteiger partial charge is 0.404 e. The van der Waals surface area contributed by atoms with Crippen molar-refractivity contribution >= 4 is 5.65 Å². The van der Waals surface area contributed by atoms with E-state index in [0.29, 0.717) is 12.5 Å². The van der Waals surface area contributed by atoms with Gasteiger partial charge >= 0.3 is 0 Å². The van der Waals surface area contributed by atoms with Crippen molar-refractivity contribution < 1.29 is 4.84 Å². The van der Waals surface area contributed by atoms with Crippen LogP contribution in [0.1, 0.15) is 55.0 Å². The smallest absolute Gasteiger partial charge is 0.283 e. The van der Waals surface area contributed by atoms with Gasteiger partial charge in [0.05, 0.1) is 11.4 Å². The van der Waals surface area contributed by atoms with Gasteiger partial charge in [-0.1, -0.05) is 25.3 Å². The Bertz CT molecular complexity index is 936. The molecule has 3 aromatic rings. The predicted molar refractivity (Wildman–Crippen MR) is 96.7 cm³/mol. The second kappa shape index (κ2) is 6.75. The number of imidazole rings is 1. The van der Waals surface area contributed by atoms with E-state index in [1.165, 1.54) is 24.0 Å². The van der Waals surface area contributed by atoms with Crippen LogP contribution in [0, 0.1) is 6.92 Å². The topological polar surface area (TPSA) is 48.5 Å². The van der Waals surface area contributed by atoms with E-state index in [9.17, 15) is 4.79 Å². The first kappa shape index (κ1) is 15.9. The lowest BCUT2D eigenvalue weighted by atomic mass is 9.86. The number of hydrogen-bond donors (Lipinski definition) is 0. The number of aryl methyl sites for hydroxylation is 1. The predicted octanol–water partition coefficient (Wildman–Crippen LogP) is 3.48. The Balaban J connectivity index is 1.65. The van der Waals surface area contributed by atoms with Crippen LogP contribution < -0.4 is 10.4 Å². The molecule has 3 heterocycles. The molecule has 25 heavy (non-hydrogen) atoms. The summed E-state index contributed by atoms with van der Waals surface area (Å²) in [6, 6.07) is 9.66. The molecule has 0 aromatic carbocycles. The first-order valence-corrected chi connectivity index (χ1v) is 9.00. The van der Waals surface area contributed by atoms with Crippen molar-refractivity contribution in [2.75, 3.05) is 0 Å². The van der Waals surface area contributed by atoms with Crippen LogP contribution in [0.5, 0.6) is 0 Å². The van der Waals surface area contributed by atoms with Crippen molar-refractivity contribution in [3.63, 3.8) is 0 Å². The summed E-state index contributed by atoms with van der Waals surface area (Å²) in [5.74, 6) is 0.408. The molecule has 0 aliphatic heterocycles. The number of pyridine rings is 2. The maximum absolute atomic E-state index is 12.6. The molecule has 5 heteroatoms. The fraction of sp³-hybridized carbons (Fsp3) is 0.400. The molecular weight excluding hydrogens is 314 g/mol. The van der Waals surface area contributed by atoms with E-state index in [4.69, 9.17) is 4.84 Å². The van der Waals surface area contributed by atoms with E-state index in [1.54, 1.807) is 12.3 Å². The zero-order valence-electron chi connectivity index (χ0n) is 14.5. The van der Waals surface area contributed by atoms with Gasteiger partial charge in [0.15, 0.2) is 6.61 Å². The Hall–Kier alpha value is -2.56. The van der Waals surface area contributed by atoms with Crippen molar-refractivity contribution in [3.05, 3.63) is 70.0 Å². The van der Waals surface area contributed by atoms with E-state index in [0.717, 1.165) is 35.4 Å². The van der Waals surface area contributed by atoms with Crippen molar-refractivity contribution in [1.82, 2.24) is 14.1 Å². The Morgan fingerprint density at radius 2 is 2.04 bits per heavy atom. The monoisotopic (exact) mass is 337 g/mol. The van der Waals surface area contributed by atoms with Gasteiger partial charge in [-0.15, -0.1) is 4.73 Å². The highest BCUT2D eigenvalue weighted by atomic mass is 16.7. The van der Waals surface area contributed by atoms with Crippen LogP contribution in [-0.4, -0.2) is 14.1 Å². The lowest BCUT2D eigenvalue weighted by Crippen LogP contribution is -2.31. The van der Waals surface area contributed by atoms with Crippen LogP contribution in [-0.2, 0) is 6.61 Å². The quantitative estimate of drug-likeness (QED) is 0.732. The second-order valence-electron chi connectivity index (χ2n) is 6.87. The molecule has 1 aliphatic rings. The van der Waals surface area contributed by atoms with Crippen molar-refractivity contribution in [1.29, 1.82) is 0 Å². The highest BCUT2D eigenvalue weighted by Gasteiger charge is 2.20. The summed E-state index contributed by atoms with van der Waals surface area (Å²) in [5.41, 5.74) is 3.78. The maximum Gasteiger partial charge on any atom is 0.283 e. The van der Waals surface area contributed by atoms with Gasteiger partial charge in [-0.05, 0) is 43.5 Å². The highest BCUT2D eigenvalue weighted by Crippen LogP contribution is 2.32. The Kier molecular flexibility index (Phi) is 4.30. The molecule has 0 saturated heterocycles. The van der Waals surface area contributed by atoms with Gasteiger partial charge < -0.3 is 9.24 Å². The molecule has 0 unspecified atom stereocenters. The summed E-state index contributed by atoms with van der Waals surface area (Å²) in [6.45, 7) is 2.31. The van der Waals surface area contributed by atoms with Gasteiger partial charge in [-0.25, -0.2) is 4.98 Å².